The Balaban J connectivity index is 1.52. The van der Waals surface area contributed by atoms with Gasteiger partial charge >= 0.3 is 11.7 Å². The van der Waals surface area contributed by atoms with Gasteiger partial charge < -0.3 is 15.4 Å². The van der Waals surface area contributed by atoms with E-state index in [1.165, 1.54) is 41.9 Å². The third-order valence-corrected chi connectivity index (χ3v) is 9.00. The van der Waals surface area contributed by atoms with Gasteiger partial charge in [-0.3, -0.25) is 18.7 Å². The van der Waals surface area contributed by atoms with Crippen LogP contribution in [0.4, 0.5) is 4.79 Å². The van der Waals surface area contributed by atoms with Crippen molar-refractivity contribution < 1.29 is 22.7 Å². The minimum atomic E-state index is -4.11. The number of thiophene rings is 1. The van der Waals surface area contributed by atoms with E-state index in [0.717, 1.165) is 34.3 Å². The lowest BCUT2D eigenvalue weighted by Gasteiger charge is -2.10. The maximum absolute atomic E-state index is 13.3. The molecule has 0 aliphatic carbocycles. The average Bonchev–Trinajstić information content (AvgIpc) is 3.43. The summed E-state index contributed by atoms with van der Waals surface area (Å²) in [6.45, 7) is 2.42. The van der Waals surface area contributed by atoms with Crippen molar-refractivity contribution >= 4 is 43.5 Å². The molecule has 3 amide bonds. The summed E-state index contributed by atoms with van der Waals surface area (Å²) in [7, 11) is -1.04. The lowest BCUT2D eigenvalue weighted by Crippen LogP contribution is -2.39. The lowest BCUT2D eigenvalue weighted by molar-refractivity contribution is 0.0955. The number of nitrogens with one attached hydrogen (secondary N) is 3. The minimum absolute atomic E-state index is 0.125. The van der Waals surface area contributed by atoms with Gasteiger partial charge in [-0.05, 0) is 47.9 Å². The molecule has 0 aliphatic rings. The fourth-order valence-electron chi connectivity index (χ4n) is 4.14. The molecule has 0 saturated carbocycles. The van der Waals surface area contributed by atoms with Crippen molar-refractivity contribution in [3.8, 4) is 5.75 Å². The molecule has 0 spiro atoms. The number of unbranched alkanes of at least 4 members (excludes halogenated alkanes) is 1. The Hall–Kier alpha value is -4.43. The van der Waals surface area contributed by atoms with E-state index < -0.39 is 27.3 Å². The number of ether oxygens (including phenoxy) is 1. The van der Waals surface area contributed by atoms with Gasteiger partial charge in [0.25, 0.3) is 21.5 Å². The second-order valence-electron chi connectivity index (χ2n) is 9.46. The number of carbonyl (C=O) groups is 2. The number of nitrogens with zero attached hydrogens (tertiary/aromatic N) is 2. The maximum atomic E-state index is 13.3. The van der Waals surface area contributed by atoms with Gasteiger partial charge in [-0.15, -0.1) is 11.3 Å². The smallest absolute Gasteiger partial charge is 0.332 e. The van der Waals surface area contributed by atoms with E-state index >= 15 is 0 Å². The Morgan fingerprint density at radius 3 is 2.43 bits per heavy atom. The third kappa shape index (κ3) is 6.89. The highest BCUT2D eigenvalue weighted by molar-refractivity contribution is 7.90. The minimum Gasteiger partial charge on any atom is -0.497 e. The molecule has 0 aliphatic heterocycles. The second kappa shape index (κ2) is 13.0. The van der Waals surface area contributed by atoms with Crippen LogP contribution in [-0.4, -0.2) is 43.1 Å². The van der Waals surface area contributed by atoms with Crippen LogP contribution in [0.3, 0.4) is 0 Å². The Morgan fingerprint density at radius 2 is 1.74 bits per heavy atom. The van der Waals surface area contributed by atoms with E-state index in [1.54, 1.807) is 19.2 Å². The summed E-state index contributed by atoms with van der Waals surface area (Å²) in [4.78, 5) is 51.6. The number of urea groups is 1. The largest absolute Gasteiger partial charge is 0.497 e. The molecule has 0 fully saturated rings. The molecule has 2 aromatic heterocycles. The van der Waals surface area contributed by atoms with Gasteiger partial charge in [0, 0.05) is 20.1 Å². The van der Waals surface area contributed by atoms with Crippen molar-refractivity contribution in [2.45, 2.75) is 37.8 Å². The number of rotatable bonds is 11. The molecule has 0 unspecified atom stereocenters. The molecule has 0 radical (unpaired) electrons. The van der Waals surface area contributed by atoms with Crippen LogP contribution in [0.1, 0.15) is 40.6 Å². The molecule has 2 aromatic carbocycles. The zero-order valence-electron chi connectivity index (χ0n) is 23.3. The molecule has 0 atom stereocenters. The van der Waals surface area contributed by atoms with Crippen LogP contribution in [0.5, 0.6) is 5.75 Å². The van der Waals surface area contributed by atoms with Crippen LogP contribution in [0.15, 0.2) is 69.1 Å². The highest BCUT2D eigenvalue weighted by Gasteiger charge is 2.20. The molecule has 3 N–H and O–H groups in total. The first-order valence-corrected chi connectivity index (χ1v) is 15.4. The topological polar surface area (TPSA) is 158 Å². The number of sulfonamides is 1. The van der Waals surface area contributed by atoms with Crippen LogP contribution in [0.2, 0.25) is 0 Å². The Bertz CT molecular complexity index is 1840. The van der Waals surface area contributed by atoms with Crippen molar-refractivity contribution in [3.05, 3.63) is 91.4 Å². The molecule has 4 aromatic rings. The van der Waals surface area contributed by atoms with Crippen molar-refractivity contribution in [3.63, 3.8) is 0 Å². The number of carbonyl (C=O) groups excluding carboxylic acids is 2. The number of hydrogen-bond donors (Lipinski definition) is 3. The van der Waals surface area contributed by atoms with E-state index in [2.05, 4.69) is 10.6 Å². The Kier molecular flexibility index (Phi) is 9.48. The summed E-state index contributed by atoms with van der Waals surface area (Å²) in [5.41, 5.74) is 0.174. The fraction of sp³-hybridized carbons (Fsp3) is 0.286. The predicted molar refractivity (Wildman–Crippen MR) is 160 cm³/mol. The fourth-order valence-corrected chi connectivity index (χ4v) is 6.09. The molecule has 42 heavy (non-hydrogen) atoms. The molecule has 4 rings (SSSR count). The van der Waals surface area contributed by atoms with Gasteiger partial charge in [0.1, 0.15) is 10.6 Å². The normalized spacial score (nSPS) is 11.3. The van der Waals surface area contributed by atoms with Crippen molar-refractivity contribution in [1.29, 1.82) is 0 Å². The molecule has 2 heterocycles. The molecular weight excluding hydrogens is 582 g/mol. The third-order valence-electron chi connectivity index (χ3n) is 6.44. The predicted octanol–water partition coefficient (Wildman–Crippen LogP) is 2.54. The average molecular weight is 614 g/mol. The van der Waals surface area contributed by atoms with Crippen LogP contribution in [0.25, 0.3) is 10.2 Å². The molecule has 0 bridgehead atoms. The van der Waals surface area contributed by atoms with Crippen molar-refractivity contribution in [2.75, 3.05) is 13.7 Å². The zero-order valence-corrected chi connectivity index (χ0v) is 24.9. The van der Waals surface area contributed by atoms with Crippen molar-refractivity contribution in [1.82, 2.24) is 24.5 Å². The van der Waals surface area contributed by atoms with Gasteiger partial charge in [-0.1, -0.05) is 37.6 Å². The van der Waals surface area contributed by atoms with Gasteiger partial charge in [0.05, 0.1) is 28.8 Å². The van der Waals surface area contributed by atoms with Crippen molar-refractivity contribution in [2.24, 2.45) is 7.05 Å². The molecule has 14 heteroatoms. The lowest BCUT2D eigenvalue weighted by atomic mass is 10.2. The van der Waals surface area contributed by atoms with Crippen LogP contribution in [-0.2, 0) is 30.2 Å². The van der Waals surface area contributed by atoms with Gasteiger partial charge in [0.15, 0.2) is 0 Å². The summed E-state index contributed by atoms with van der Waals surface area (Å²) >= 11 is 1.04. The highest BCUT2D eigenvalue weighted by atomic mass is 32.2. The Morgan fingerprint density at radius 1 is 1.00 bits per heavy atom. The number of aromatic nitrogens is 2. The van der Waals surface area contributed by atoms with Crippen LogP contribution >= 0.6 is 11.3 Å². The Labute approximate surface area is 246 Å². The second-order valence-corrected chi connectivity index (χ2v) is 12.2. The number of amides is 3. The zero-order chi connectivity index (χ0) is 30.4. The molecular formula is C28H31N5O7S2. The summed E-state index contributed by atoms with van der Waals surface area (Å²) in [5.74, 6) is 0.277. The number of benzene rings is 2. The molecule has 0 saturated heterocycles. The van der Waals surface area contributed by atoms with E-state index in [0.29, 0.717) is 22.7 Å². The number of methoxy groups -OCH3 is 1. The quantitative estimate of drug-likeness (QED) is 0.219. The maximum Gasteiger partial charge on any atom is 0.332 e. The summed E-state index contributed by atoms with van der Waals surface area (Å²) < 4.78 is 34.6. The first kappa shape index (κ1) is 30.5. The van der Waals surface area contributed by atoms with E-state index in [9.17, 15) is 27.6 Å². The van der Waals surface area contributed by atoms with E-state index in [1.807, 2.05) is 23.8 Å². The summed E-state index contributed by atoms with van der Waals surface area (Å²) in [6.07, 6.45) is 1.57. The van der Waals surface area contributed by atoms with Gasteiger partial charge in [-0.2, -0.15) is 0 Å². The van der Waals surface area contributed by atoms with Crippen LogP contribution in [0, 0.1) is 0 Å². The summed E-state index contributed by atoms with van der Waals surface area (Å²) in [5, 5.41) is 5.51. The highest BCUT2D eigenvalue weighted by Crippen LogP contribution is 2.22. The monoisotopic (exact) mass is 613 g/mol. The standard InChI is InChI=1S/C28H31N5O7S2/c1-4-5-13-29-27(36)31-42(38,39)21-11-9-18(10-12-21)17-33-25(35)22-15-23(41-26(22)32(2)28(33)37)24(34)30-16-19-7-6-8-20(14-19)40-3/h6-12,14-15H,4-5,13,16-17H2,1-3H3,(H,30,34)(H2,29,31,36). The van der Waals surface area contributed by atoms with Gasteiger partial charge in [0.2, 0.25) is 0 Å². The summed E-state index contributed by atoms with van der Waals surface area (Å²) in [6, 6.07) is 13.4. The van der Waals surface area contributed by atoms with E-state index in [4.69, 9.17) is 4.74 Å². The first-order chi connectivity index (χ1) is 20.0. The molecule has 12 nitrogen and oxygen atoms in total. The number of hydrogen-bond acceptors (Lipinski definition) is 8. The van der Waals surface area contributed by atoms with Crippen LogP contribution < -0.4 is 31.3 Å². The van der Waals surface area contributed by atoms with E-state index in [-0.39, 0.29) is 34.2 Å². The number of fused-ring (bicyclic) bond motifs is 1. The molecule has 222 valence electrons. The number of aryl methyl sites for hydroxylation is 1. The SMILES string of the molecule is CCCCNC(=O)NS(=O)(=O)c1ccc(Cn2c(=O)c3cc(C(=O)NCc4cccc(OC)c4)sc3n(C)c2=O)cc1. The first-order valence-electron chi connectivity index (χ1n) is 13.1. The van der Waals surface area contributed by atoms with Gasteiger partial charge in [-0.25, -0.2) is 22.7 Å².